The molecular formula is C8H7BrN4. The summed E-state index contributed by atoms with van der Waals surface area (Å²) in [5.41, 5.74) is 3.31. The standard InChI is InChI=1S/C8H7BrN4/c9-5-1-11-8-6-2-10-3-7(6)12-13(8)4-5/h1,4,10H,2-3H2. The van der Waals surface area contributed by atoms with Gasteiger partial charge in [-0.1, -0.05) is 0 Å². The van der Waals surface area contributed by atoms with E-state index in [1.807, 2.05) is 10.7 Å². The fraction of sp³-hybridized carbons (Fsp3) is 0.250. The van der Waals surface area contributed by atoms with Crippen LogP contribution >= 0.6 is 15.9 Å². The minimum atomic E-state index is 0.857. The molecule has 1 aliphatic rings. The number of aromatic nitrogens is 3. The lowest BCUT2D eigenvalue weighted by molar-refractivity contribution is 0.733. The van der Waals surface area contributed by atoms with Crippen molar-refractivity contribution in [2.75, 3.05) is 0 Å². The van der Waals surface area contributed by atoms with Crippen molar-refractivity contribution in [2.45, 2.75) is 13.1 Å². The van der Waals surface area contributed by atoms with Gasteiger partial charge in [0.2, 0.25) is 0 Å². The van der Waals surface area contributed by atoms with E-state index in [2.05, 4.69) is 31.3 Å². The summed E-state index contributed by atoms with van der Waals surface area (Å²) in [4.78, 5) is 4.33. The van der Waals surface area contributed by atoms with Crippen LogP contribution in [0.15, 0.2) is 16.9 Å². The second kappa shape index (κ2) is 2.52. The first-order valence-electron chi connectivity index (χ1n) is 4.07. The molecule has 1 aliphatic heterocycles. The third kappa shape index (κ3) is 1.00. The van der Waals surface area contributed by atoms with E-state index in [-0.39, 0.29) is 0 Å². The predicted molar refractivity (Wildman–Crippen MR) is 51.2 cm³/mol. The lowest BCUT2D eigenvalue weighted by atomic mass is 10.3. The van der Waals surface area contributed by atoms with Gasteiger partial charge < -0.3 is 5.32 Å². The summed E-state index contributed by atoms with van der Waals surface area (Å²) < 4.78 is 2.78. The van der Waals surface area contributed by atoms with Gasteiger partial charge in [-0.05, 0) is 15.9 Å². The van der Waals surface area contributed by atoms with Gasteiger partial charge >= 0.3 is 0 Å². The quantitative estimate of drug-likeness (QED) is 0.748. The molecule has 4 nitrogen and oxygen atoms in total. The molecule has 1 N–H and O–H groups in total. The van der Waals surface area contributed by atoms with Gasteiger partial charge in [0.25, 0.3) is 0 Å². The average Bonchev–Trinajstić information content (AvgIpc) is 2.62. The molecule has 0 atom stereocenters. The van der Waals surface area contributed by atoms with Gasteiger partial charge in [-0.25, -0.2) is 9.50 Å². The highest BCUT2D eigenvalue weighted by Crippen LogP contribution is 2.19. The van der Waals surface area contributed by atoms with Gasteiger partial charge in [-0.2, -0.15) is 5.10 Å². The van der Waals surface area contributed by atoms with Crippen molar-refractivity contribution in [3.63, 3.8) is 0 Å². The summed E-state index contributed by atoms with van der Waals surface area (Å²) in [6.07, 6.45) is 3.73. The normalized spacial score (nSPS) is 15.2. The SMILES string of the molecule is Brc1cnc2c3c(nn2c1)CNC3. The molecule has 0 saturated heterocycles. The van der Waals surface area contributed by atoms with Crippen molar-refractivity contribution in [2.24, 2.45) is 0 Å². The molecule has 0 aliphatic carbocycles. The van der Waals surface area contributed by atoms with E-state index in [0.717, 1.165) is 28.9 Å². The molecular weight excluding hydrogens is 232 g/mol. The Kier molecular flexibility index (Phi) is 1.45. The third-order valence-corrected chi connectivity index (χ3v) is 2.62. The molecule has 0 saturated carbocycles. The first-order chi connectivity index (χ1) is 6.34. The number of nitrogens with zero attached hydrogens (tertiary/aromatic N) is 3. The number of hydrogen-bond donors (Lipinski definition) is 1. The van der Waals surface area contributed by atoms with Crippen LogP contribution in [0.3, 0.4) is 0 Å². The smallest absolute Gasteiger partial charge is 0.159 e. The number of nitrogens with one attached hydrogen (secondary N) is 1. The first kappa shape index (κ1) is 7.46. The topological polar surface area (TPSA) is 42.2 Å². The summed E-state index contributed by atoms with van der Waals surface area (Å²) in [7, 11) is 0. The summed E-state index contributed by atoms with van der Waals surface area (Å²) in [6, 6.07) is 0. The molecule has 2 aromatic heterocycles. The van der Waals surface area contributed by atoms with Crippen LogP contribution in [0.2, 0.25) is 0 Å². The molecule has 0 aromatic carbocycles. The van der Waals surface area contributed by atoms with Crippen molar-refractivity contribution < 1.29 is 0 Å². The summed E-state index contributed by atoms with van der Waals surface area (Å²) in [6.45, 7) is 1.74. The Morgan fingerprint density at radius 3 is 3.31 bits per heavy atom. The van der Waals surface area contributed by atoms with Crippen LogP contribution in [0.4, 0.5) is 0 Å². The lowest BCUT2D eigenvalue weighted by Gasteiger charge is -1.95. The molecule has 0 bridgehead atoms. The average molecular weight is 239 g/mol. The molecule has 0 radical (unpaired) electrons. The lowest BCUT2D eigenvalue weighted by Crippen LogP contribution is -2.04. The van der Waals surface area contributed by atoms with Crippen LogP contribution in [0.1, 0.15) is 11.3 Å². The minimum absolute atomic E-state index is 0.857. The molecule has 0 unspecified atom stereocenters. The van der Waals surface area contributed by atoms with Gasteiger partial charge in [-0.15, -0.1) is 0 Å². The Bertz CT molecular complexity index is 476. The Hall–Kier alpha value is -0.940. The highest BCUT2D eigenvalue weighted by molar-refractivity contribution is 9.10. The maximum atomic E-state index is 4.42. The fourth-order valence-corrected chi connectivity index (χ4v) is 1.93. The van der Waals surface area contributed by atoms with Crippen molar-refractivity contribution in [3.8, 4) is 0 Å². The van der Waals surface area contributed by atoms with Gasteiger partial charge in [0, 0.05) is 31.0 Å². The zero-order valence-electron chi connectivity index (χ0n) is 6.79. The number of halogens is 1. The van der Waals surface area contributed by atoms with Crippen LogP contribution in [0, 0.1) is 0 Å². The number of hydrogen-bond acceptors (Lipinski definition) is 3. The summed E-state index contributed by atoms with van der Waals surface area (Å²) in [5.74, 6) is 0. The minimum Gasteiger partial charge on any atom is -0.307 e. The van der Waals surface area contributed by atoms with Gasteiger partial charge in [0.1, 0.15) is 0 Å². The predicted octanol–water partition coefficient (Wildman–Crippen LogP) is 1.09. The van der Waals surface area contributed by atoms with E-state index in [9.17, 15) is 0 Å². The van der Waals surface area contributed by atoms with Crippen molar-refractivity contribution >= 4 is 21.6 Å². The second-order valence-corrected chi connectivity index (χ2v) is 3.98. The zero-order valence-corrected chi connectivity index (χ0v) is 8.37. The third-order valence-electron chi connectivity index (χ3n) is 2.21. The highest BCUT2D eigenvalue weighted by Gasteiger charge is 2.18. The largest absolute Gasteiger partial charge is 0.307 e. The maximum Gasteiger partial charge on any atom is 0.159 e. The molecule has 0 spiro atoms. The van der Waals surface area contributed by atoms with Crippen molar-refractivity contribution in [1.82, 2.24) is 19.9 Å². The summed E-state index contributed by atoms with van der Waals surface area (Å²) in [5, 5.41) is 7.66. The molecule has 66 valence electrons. The van der Waals surface area contributed by atoms with E-state index < -0.39 is 0 Å². The van der Waals surface area contributed by atoms with E-state index >= 15 is 0 Å². The van der Waals surface area contributed by atoms with Crippen LogP contribution in [0.25, 0.3) is 5.65 Å². The Labute approximate surface area is 83.1 Å². The van der Waals surface area contributed by atoms with E-state index in [1.165, 1.54) is 5.56 Å². The Balaban J connectivity index is 2.38. The summed E-state index contributed by atoms with van der Waals surface area (Å²) >= 11 is 3.37. The first-order valence-corrected chi connectivity index (χ1v) is 4.86. The van der Waals surface area contributed by atoms with Crippen molar-refractivity contribution in [3.05, 3.63) is 28.1 Å². The molecule has 0 amide bonds. The fourth-order valence-electron chi connectivity index (χ4n) is 1.63. The molecule has 3 heterocycles. The maximum absolute atomic E-state index is 4.42. The van der Waals surface area contributed by atoms with Gasteiger partial charge in [-0.3, -0.25) is 0 Å². The molecule has 5 heteroatoms. The zero-order chi connectivity index (χ0) is 8.84. The van der Waals surface area contributed by atoms with Crippen molar-refractivity contribution in [1.29, 1.82) is 0 Å². The molecule has 2 aromatic rings. The van der Waals surface area contributed by atoms with Crippen LogP contribution in [-0.2, 0) is 13.1 Å². The van der Waals surface area contributed by atoms with Gasteiger partial charge in [0.15, 0.2) is 5.65 Å². The Morgan fingerprint density at radius 2 is 2.38 bits per heavy atom. The monoisotopic (exact) mass is 238 g/mol. The van der Waals surface area contributed by atoms with Crippen LogP contribution in [0.5, 0.6) is 0 Å². The van der Waals surface area contributed by atoms with Crippen LogP contribution < -0.4 is 5.32 Å². The molecule has 0 fully saturated rings. The van der Waals surface area contributed by atoms with Gasteiger partial charge in [0.05, 0.1) is 10.2 Å². The van der Waals surface area contributed by atoms with E-state index in [1.54, 1.807) is 6.20 Å². The Morgan fingerprint density at radius 1 is 1.46 bits per heavy atom. The van der Waals surface area contributed by atoms with E-state index in [4.69, 9.17) is 0 Å². The number of rotatable bonds is 0. The molecule has 13 heavy (non-hydrogen) atoms. The number of fused-ring (bicyclic) bond motifs is 3. The second-order valence-electron chi connectivity index (χ2n) is 3.07. The highest BCUT2D eigenvalue weighted by atomic mass is 79.9. The van der Waals surface area contributed by atoms with Crippen LogP contribution in [-0.4, -0.2) is 14.6 Å². The molecule has 3 rings (SSSR count). The van der Waals surface area contributed by atoms with E-state index in [0.29, 0.717) is 0 Å².